The molecule has 0 aliphatic carbocycles. The molecular weight excluding hydrogens is 356 g/mol. The third-order valence-electron chi connectivity index (χ3n) is 5.23. The van der Waals surface area contributed by atoms with Crippen LogP contribution >= 0.6 is 11.6 Å². The molecule has 1 fully saturated rings. The highest BCUT2D eigenvalue weighted by Crippen LogP contribution is 2.26. The van der Waals surface area contributed by atoms with E-state index in [1.165, 1.54) is 0 Å². The molecule has 0 radical (unpaired) electrons. The molecular formula is C19H25ClN2O4. The maximum absolute atomic E-state index is 13.0. The van der Waals surface area contributed by atoms with Gasteiger partial charge < -0.3 is 15.3 Å². The number of benzene rings is 1. The topological polar surface area (TPSA) is 86.7 Å². The van der Waals surface area contributed by atoms with Crippen LogP contribution in [0.15, 0.2) is 24.3 Å². The zero-order chi connectivity index (χ0) is 19.4. The fourth-order valence-corrected chi connectivity index (χ4v) is 3.39. The van der Waals surface area contributed by atoms with Gasteiger partial charge in [0.1, 0.15) is 6.04 Å². The molecule has 0 saturated carbocycles. The second kappa shape index (κ2) is 8.54. The van der Waals surface area contributed by atoms with Crippen molar-refractivity contribution in [1.29, 1.82) is 0 Å². The van der Waals surface area contributed by atoms with Crippen LogP contribution in [0, 0.1) is 11.8 Å². The Hall–Kier alpha value is -2.08. The minimum absolute atomic E-state index is 0.0742. The number of carbonyl (C=O) groups is 3. The van der Waals surface area contributed by atoms with Crippen molar-refractivity contribution in [3.63, 3.8) is 0 Å². The molecule has 1 aromatic carbocycles. The predicted molar refractivity (Wildman–Crippen MR) is 99.1 cm³/mol. The highest BCUT2D eigenvalue weighted by atomic mass is 35.5. The summed E-state index contributed by atoms with van der Waals surface area (Å²) in [6.07, 6.45) is 1.14. The molecule has 142 valence electrons. The number of halogens is 1. The Morgan fingerprint density at radius 1 is 1.31 bits per heavy atom. The Kier molecular flexibility index (Phi) is 6.64. The molecule has 0 spiro atoms. The number of nitrogens with zero attached hydrogens (tertiary/aromatic N) is 1. The summed E-state index contributed by atoms with van der Waals surface area (Å²) in [5.41, 5.74) is 0.424. The van der Waals surface area contributed by atoms with Gasteiger partial charge in [-0.15, -0.1) is 0 Å². The number of amides is 2. The van der Waals surface area contributed by atoms with Crippen LogP contribution in [0.5, 0.6) is 0 Å². The number of carboxylic acid groups (broad SMARTS) is 1. The van der Waals surface area contributed by atoms with E-state index in [-0.39, 0.29) is 23.8 Å². The average Bonchev–Trinajstić information content (AvgIpc) is 3.00. The van der Waals surface area contributed by atoms with Gasteiger partial charge in [0.2, 0.25) is 5.91 Å². The first-order chi connectivity index (χ1) is 12.3. The Morgan fingerprint density at radius 3 is 2.42 bits per heavy atom. The van der Waals surface area contributed by atoms with E-state index in [9.17, 15) is 19.5 Å². The van der Waals surface area contributed by atoms with Crippen LogP contribution < -0.4 is 5.32 Å². The first-order valence-electron chi connectivity index (χ1n) is 8.86. The van der Waals surface area contributed by atoms with Crippen molar-refractivity contribution < 1.29 is 19.5 Å². The summed E-state index contributed by atoms with van der Waals surface area (Å²) in [4.78, 5) is 38.5. The van der Waals surface area contributed by atoms with Crippen LogP contribution in [0.4, 0.5) is 0 Å². The largest absolute Gasteiger partial charge is 0.481 e. The number of aliphatic carboxylic acids is 1. The first kappa shape index (κ1) is 20.2. The maximum Gasteiger partial charge on any atom is 0.308 e. The van der Waals surface area contributed by atoms with Gasteiger partial charge in [0.15, 0.2) is 0 Å². The quantitative estimate of drug-likeness (QED) is 0.794. The van der Waals surface area contributed by atoms with Gasteiger partial charge in [-0.2, -0.15) is 0 Å². The summed E-state index contributed by atoms with van der Waals surface area (Å²) in [7, 11) is 0. The molecule has 1 aliphatic rings. The highest BCUT2D eigenvalue weighted by molar-refractivity contribution is 6.30. The number of carboxylic acids is 1. The van der Waals surface area contributed by atoms with Crippen LogP contribution in [0.3, 0.4) is 0 Å². The van der Waals surface area contributed by atoms with Crippen molar-refractivity contribution in [2.45, 2.75) is 45.7 Å². The number of nitrogens with one attached hydrogen (secondary N) is 1. The van der Waals surface area contributed by atoms with E-state index < -0.39 is 17.9 Å². The summed E-state index contributed by atoms with van der Waals surface area (Å²) in [5, 5.41) is 12.6. The van der Waals surface area contributed by atoms with Gasteiger partial charge in [0.25, 0.3) is 5.91 Å². The molecule has 26 heavy (non-hydrogen) atoms. The van der Waals surface area contributed by atoms with Gasteiger partial charge in [-0.25, -0.2) is 0 Å². The van der Waals surface area contributed by atoms with Crippen LogP contribution in [0.25, 0.3) is 0 Å². The molecule has 2 amide bonds. The number of hydrogen-bond acceptors (Lipinski definition) is 3. The number of hydrogen-bond donors (Lipinski definition) is 2. The third kappa shape index (κ3) is 4.36. The average molecular weight is 381 g/mol. The van der Waals surface area contributed by atoms with E-state index in [1.54, 1.807) is 36.1 Å². The molecule has 1 heterocycles. The monoisotopic (exact) mass is 380 g/mol. The Labute approximate surface area is 158 Å². The van der Waals surface area contributed by atoms with Crippen LogP contribution in [-0.4, -0.2) is 46.4 Å². The third-order valence-corrected chi connectivity index (χ3v) is 5.48. The summed E-state index contributed by atoms with van der Waals surface area (Å²) in [5.74, 6) is -2.10. The van der Waals surface area contributed by atoms with E-state index in [4.69, 9.17) is 11.6 Å². The molecule has 1 aliphatic heterocycles. The molecule has 4 atom stereocenters. The van der Waals surface area contributed by atoms with Gasteiger partial charge in [-0.3, -0.25) is 14.4 Å². The standard InChI is InChI=1S/C19H25ClN2O4/c1-4-11(2)16(21-17(23)13-5-7-14(20)8-6-13)18(24)22-10-9-15(12(22)3)19(25)26/h5-8,11-12,15-16H,4,9-10H2,1-3H3,(H,21,23)(H,25,26). The van der Waals surface area contributed by atoms with Crippen molar-refractivity contribution in [3.05, 3.63) is 34.9 Å². The summed E-state index contributed by atoms with van der Waals surface area (Å²) in [6.45, 7) is 5.99. The van der Waals surface area contributed by atoms with Gasteiger partial charge in [0, 0.05) is 23.2 Å². The van der Waals surface area contributed by atoms with E-state index in [1.807, 2.05) is 13.8 Å². The molecule has 7 heteroatoms. The van der Waals surface area contributed by atoms with E-state index in [2.05, 4.69) is 5.32 Å². The SMILES string of the molecule is CCC(C)C(NC(=O)c1ccc(Cl)cc1)C(=O)N1CCC(C(=O)O)C1C. The van der Waals surface area contributed by atoms with Gasteiger partial charge in [-0.1, -0.05) is 31.9 Å². The molecule has 0 bridgehead atoms. The van der Waals surface area contributed by atoms with Crippen molar-refractivity contribution >= 4 is 29.4 Å². The molecule has 6 nitrogen and oxygen atoms in total. The van der Waals surface area contributed by atoms with Crippen molar-refractivity contribution in [2.75, 3.05) is 6.54 Å². The summed E-state index contributed by atoms with van der Waals surface area (Å²) < 4.78 is 0. The maximum atomic E-state index is 13.0. The molecule has 2 rings (SSSR count). The van der Waals surface area contributed by atoms with Gasteiger partial charge >= 0.3 is 5.97 Å². The molecule has 1 saturated heterocycles. The van der Waals surface area contributed by atoms with Crippen LogP contribution in [0.1, 0.15) is 44.0 Å². The second-order valence-electron chi connectivity index (χ2n) is 6.85. The lowest BCUT2D eigenvalue weighted by molar-refractivity contribution is -0.143. The lowest BCUT2D eigenvalue weighted by Crippen LogP contribution is -2.53. The number of rotatable bonds is 6. The van der Waals surface area contributed by atoms with E-state index >= 15 is 0 Å². The smallest absolute Gasteiger partial charge is 0.308 e. The van der Waals surface area contributed by atoms with Crippen LogP contribution in [-0.2, 0) is 9.59 Å². The zero-order valence-electron chi connectivity index (χ0n) is 15.2. The van der Waals surface area contributed by atoms with Crippen LogP contribution in [0.2, 0.25) is 5.02 Å². The highest BCUT2D eigenvalue weighted by Gasteiger charge is 2.41. The Morgan fingerprint density at radius 2 is 1.92 bits per heavy atom. The predicted octanol–water partition coefficient (Wildman–Crippen LogP) is 2.81. The van der Waals surface area contributed by atoms with Crippen molar-refractivity contribution in [1.82, 2.24) is 10.2 Å². The number of likely N-dealkylation sites (tertiary alicyclic amines) is 1. The molecule has 1 aromatic rings. The molecule has 2 N–H and O–H groups in total. The number of carbonyl (C=O) groups excluding carboxylic acids is 2. The lowest BCUT2D eigenvalue weighted by atomic mass is 9.96. The molecule has 4 unspecified atom stereocenters. The first-order valence-corrected chi connectivity index (χ1v) is 9.23. The summed E-state index contributed by atoms with van der Waals surface area (Å²) in [6, 6.07) is 5.37. The fraction of sp³-hybridized carbons (Fsp3) is 0.526. The molecule has 0 aromatic heterocycles. The van der Waals surface area contributed by atoms with Crippen molar-refractivity contribution in [3.8, 4) is 0 Å². The second-order valence-corrected chi connectivity index (χ2v) is 7.29. The van der Waals surface area contributed by atoms with Gasteiger partial charge in [0.05, 0.1) is 5.92 Å². The lowest BCUT2D eigenvalue weighted by Gasteiger charge is -2.31. The van der Waals surface area contributed by atoms with Gasteiger partial charge in [-0.05, 0) is 43.5 Å². The fourth-order valence-electron chi connectivity index (χ4n) is 3.27. The minimum atomic E-state index is -0.891. The summed E-state index contributed by atoms with van der Waals surface area (Å²) >= 11 is 5.85. The minimum Gasteiger partial charge on any atom is -0.481 e. The normalized spacial score (nSPS) is 21.9. The van der Waals surface area contributed by atoms with Crippen molar-refractivity contribution in [2.24, 2.45) is 11.8 Å². The zero-order valence-corrected chi connectivity index (χ0v) is 16.0. The van der Waals surface area contributed by atoms with E-state index in [0.29, 0.717) is 30.0 Å². The Balaban J connectivity index is 2.16. The van der Waals surface area contributed by atoms with E-state index in [0.717, 1.165) is 0 Å². The Bertz CT molecular complexity index is 677.